The summed E-state index contributed by atoms with van der Waals surface area (Å²) >= 11 is 1.45. The number of amides is 1. The van der Waals surface area contributed by atoms with E-state index < -0.39 is 5.97 Å². The summed E-state index contributed by atoms with van der Waals surface area (Å²) in [6.07, 6.45) is 1.35. The van der Waals surface area contributed by atoms with E-state index in [-0.39, 0.29) is 11.6 Å². The van der Waals surface area contributed by atoms with Crippen molar-refractivity contribution in [2.75, 3.05) is 5.32 Å². The van der Waals surface area contributed by atoms with Gasteiger partial charge in [0.1, 0.15) is 5.69 Å². The average Bonchev–Trinajstić information content (AvgIpc) is 2.76. The van der Waals surface area contributed by atoms with Crippen molar-refractivity contribution in [1.29, 1.82) is 0 Å². The summed E-state index contributed by atoms with van der Waals surface area (Å²) < 4.78 is 0. The number of aromatic carboxylic acids is 1. The number of rotatable bonds is 3. The zero-order chi connectivity index (χ0) is 13.1. The lowest BCUT2D eigenvalue weighted by molar-refractivity contribution is 0.0690. The third-order valence-corrected chi connectivity index (χ3v) is 3.20. The van der Waals surface area contributed by atoms with Crippen molar-refractivity contribution >= 4 is 28.9 Å². The molecule has 2 aromatic heterocycles. The van der Waals surface area contributed by atoms with E-state index >= 15 is 0 Å². The first-order valence-electron chi connectivity index (χ1n) is 5.11. The lowest BCUT2D eigenvalue weighted by Gasteiger charge is -2.05. The number of hydrogen-bond donors (Lipinski definition) is 2. The first-order valence-corrected chi connectivity index (χ1v) is 6.05. The smallest absolute Gasteiger partial charge is 0.354 e. The van der Waals surface area contributed by atoms with Gasteiger partial charge < -0.3 is 10.4 Å². The SMILES string of the molecule is Cc1cscc1C(=O)Nc1ccnc(C(=O)O)c1. The second-order valence-electron chi connectivity index (χ2n) is 3.66. The first-order chi connectivity index (χ1) is 8.58. The van der Waals surface area contributed by atoms with Crippen LogP contribution in [0.3, 0.4) is 0 Å². The molecule has 0 aliphatic heterocycles. The Kier molecular flexibility index (Phi) is 3.38. The molecule has 0 saturated carbocycles. The van der Waals surface area contributed by atoms with Gasteiger partial charge in [-0.05, 0) is 30.0 Å². The summed E-state index contributed by atoms with van der Waals surface area (Å²) in [6, 6.07) is 2.87. The van der Waals surface area contributed by atoms with Gasteiger partial charge in [-0.2, -0.15) is 11.3 Å². The van der Waals surface area contributed by atoms with Gasteiger partial charge in [-0.25, -0.2) is 9.78 Å². The van der Waals surface area contributed by atoms with Gasteiger partial charge in [-0.1, -0.05) is 0 Å². The summed E-state index contributed by atoms with van der Waals surface area (Å²) in [7, 11) is 0. The van der Waals surface area contributed by atoms with Gasteiger partial charge in [0, 0.05) is 17.3 Å². The minimum atomic E-state index is -1.13. The van der Waals surface area contributed by atoms with Crippen molar-refractivity contribution in [3.05, 3.63) is 45.9 Å². The number of nitrogens with zero attached hydrogens (tertiary/aromatic N) is 1. The highest BCUT2D eigenvalue weighted by Crippen LogP contribution is 2.16. The molecule has 2 aromatic rings. The molecule has 1 amide bonds. The quantitative estimate of drug-likeness (QED) is 0.890. The Balaban J connectivity index is 2.20. The number of aromatic nitrogens is 1. The monoisotopic (exact) mass is 262 g/mol. The van der Waals surface area contributed by atoms with E-state index in [0.29, 0.717) is 11.3 Å². The van der Waals surface area contributed by atoms with E-state index in [1.807, 2.05) is 12.3 Å². The molecule has 0 aliphatic carbocycles. The van der Waals surface area contributed by atoms with Crippen LogP contribution in [0.15, 0.2) is 29.1 Å². The van der Waals surface area contributed by atoms with Crippen molar-refractivity contribution < 1.29 is 14.7 Å². The average molecular weight is 262 g/mol. The molecule has 0 aliphatic rings. The Hall–Kier alpha value is -2.21. The summed E-state index contributed by atoms with van der Waals surface area (Å²) in [4.78, 5) is 26.3. The fourth-order valence-electron chi connectivity index (χ4n) is 1.42. The minimum absolute atomic E-state index is 0.102. The van der Waals surface area contributed by atoms with Crippen LogP contribution in [0, 0.1) is 6.92 Å². The molecule has 0 atom stereocenters. The third kappa shape index (κ3) is 2.54. The van der Waals surface area contributed by atoms with E-state index in [1.165, 1.54) is 23.6 Å². The summed E-state index contributed by atoms with van der Waals surface area (Å²) in [5.41, 5.74) is 1.80. The maximum absolute atomic E-state index is 11.9. The summed E-state index contributed by atoms with van der Waals surface area (Å²) in [5, 5.41) is 15.1. The largest absolute Gasteiger partial charge is 0.477 e. The van der Waals surface area contributed by atoms with Crippen molar-refractivity contribution in [3.63, 3.8) is 0 Å². The van der Waals surface area contributed by atoms with Crippen LogP contribution in [0.1, 0.15) is 26.4 Å². The van der Waals surface area contributed by atoms with Crippen LogP contribution in [0.2, 0.25) is 0 Å². The van der Waals surface area contributed by atoms with Crippen LogP contribution in [-0.2, 0) is 0 Å². The van der Waals surface area contributed by atoms with Gasteiger partial charge in [-0.15, -0.1) is 0 Å². The molecule has 18 heavy (non-hydrogen) atoms. The number of nitrogens with one attached hydrogen (secondary N) is 1. The van der Waals surface area contributed by atoms with Crippen LogP contribution in [0.5, 0.6) is 0 Å². The fourth-order valence-corrected chi connectivity index (χ4v) is 2.24. The van der Waals surface area contributed by atoms with Crippen LogP contribution in [0.25, 0.3) is 0 Å². The van der Waals surface area contributed by atoms with Gasteiger partial charge in [0.05, 0.1) is 5.56 Å². The van der Waals surface area contributed by atoms with E-state index in [2.05, 4.69) is 10.3 Å². The van der Waals surface area contributed by atoms with Gasteiger partial charge in [0.15, 0.2) is 0 Å². The van der Waals surface area contributed by atoms with E-state index in [1.54, 1.807) is 11.4 Å². The molecule has 0 spiro atoms. The molecule has 0 radical (unpaired) electrons. The number of carboxylic acid groups (broad SMARTS) is 1. The number of thiophene rings is 1. The first kappa shape index (κ1) is 12.3. The minimum Gasteiger partial charge on any atom is -0.477 e. The fraction of sp³-hybridized carbons (Fsp3) is 0.0833. The summed E-state index contributed by atoms with van der Waals surface area (Å²) in [6.45, 7) is 1.85. The molecule has 0 aromatic carbocycles. The lowest BCUT2D eigenvalue weighted by Crippen LogP contribution is -2.13. The second-order valence-corrected chi connectivity index (χ2v) is 4.40. The Morgan fingerprint density at radius 2 is 2.17 bits per heavy atom. The van der Waals surface area contributed by atoms with Gasteiger partial charge in [0.25, 0.3) is 5.91 Å². The molecule has 2 heterocycles. The number of hydrogen-bond acceptors (Lipinski definition) is 4. The number of anilines is 1. The van der Waals surface area contributed by atoms with E-state index in [0.717, 1.165) is 5.56 Å². The molecule has 2 N–H and O–H groups in total. The van der Waals surface area contributed by atoms with Crippen molar-refractivity contribution in [1.82, 2.24) is 4.98 Å². The van der Waals surface area contributed by atoms with E-state index in [9.17, 15) is 9.59 Å². The van der Waals surface area contributed by atoms with Crippen molar-refractivity contribution in [2.45, 2.75) is 6.92 Å². The third-order valence-electron chi connectivity index (χ3n) is 2.34. The molecular formula is C12H10N2O3S. The molecular weight excluding hydrogens is 252 g/mol. The normalized spacial score (nSPS) is 10.1. The number of carbonyl (C=O) groups is 2. The highest BCUT2D eigenvalue weighted by Gasteiger charge is 2.11. The zero-order valence-corrected chi connectivity index (χ0v) is 10.3. The van der Waals surface area contributed by atoms with Crippen molar-refractivity contribution in [3.8, 4) is 0 Å². The van der Waals surface area contributed by atoms with Crippen LogP contribution in [-0.4, -0.2) is 22.0 Å². The number of carbonyl (C=O) groups excluding carboxylic acids is 1. The standard InChI is InChI=1S/C12H10N2O3S/c1-7-5-18-6-9(7)11(15)14-8-2-3-13-10(4-8)12(16)17/h2-6H,1H3,(H,16,17)(H,13,14,15). The molecule has 92 valence electrons. The lowest BCUT2D eigenvalue weighted by atomic mass is 10.2. The van der Waals surface area contributed by atoms with Gasteiger partial charge in [-0.3, -0.25) is 4.79 Å². The predicted molar refractivity (Wildman–Crippen MR) is 68.2 cm³/mol. The molecule has 5 nitrogen and oxygen atoms in total. The maximum Gasteiger partial charge on any atom is 0.354 e. The number of carboxylic acids is 1. The van der Waals surface area contributed by atoms with Crippen LogP contribution in [0.4, 0.5) is 5.69 Å². The highest BCUT2D eigenvalue weighted by molar-refractivity contribution is 7.08. The zero-order valence-electron chi connectivity index (χ0n) is 9.51. The molecule has 0 saturated heterocycles. The second kappa shape index (κ2) is 4.97. The molecule has 0 bridgehead atoms. The van der Waals surface area contributed by atoms with Crippen LogP contribution < -0.4 is 5.32 Å². The van der Waals surface area contributed by atoms with Gasteiger partial charge >= 0.3 is 5.97 Å². The Labute approximate surface area is 107 Å². The Morgan fingerprint density at radius 3 is 2.78 bits per heavy atom. The van der Waals surface area contributed by atoms with Gasteiger partial charge in [0.2, 0.25) is 0 Å². The summed E-state index contributed by atoms with van der Waals surface area (Å²) in [5.74, 6) is -1.38. The Morgan fingerprint density at radius 1 is 1.39 bits per heavy atom. The highest BCUT2D eigenvalue weighted by atomic mass is 32.1. The molecule has 2 rings (SSSR count). The maximum atomic E-state index is 11.9. The predicted octanol–water partition coefficient (Wildman–Crippen LogP) is 2.40. The number of aryl methyl sites for hydroxylation is 1. The Bertz CT molecular complexity index is 607. The molecule has 6 heteroatoms. The van der Waals surface area contributed by atoms with Crippen molar-refractivity contribution in [2.24, 2.45) is 0 Å². The topological polar surface area (TPSA) is 79.3 Å². The molecule has 0 fully saturated rings. The number of pyridine rings is 1. The van der Waals surface area contributed by atoms with E-state index in [4.69, 9.17) is 5.11 Å². The molecule has 0 unspecified atom stereocenters. The van der Waals surface area contributed by atoms with Crippen LogP contribution >= 0.6 is 11.3 Å².